The SMILES string of the molecule is C1CCCNCC1.C1CCNC1.C1CCNCC1.C1CCOC1.C1CCOCC1. The Balaban J connectivity index is 0.000000182. The van der Waals surface area contributed by atoms with Crippen molar-refractivity contribution in [2.45, 2.75) is 89.9 Å². The summed E-state index contributed by atoms with van der Waals surface area (Å²) < 4.78 is 10.0. The number of ether oxygens (including phenoxy) is 2. The largest absolute Gasteiger partial charge is 0.381 e. The van der Waals surface area contributed by atoms with Crippen LogP contribution in [0.2, 0.25) is 0 Å². The first kappa shape index (κ1) is 26.8. The maximum atomic E-state index is 5.07. The van der Waals surface area contributed by atoms with E-state index in [2.05, 4.69) is 16.0 Å². The highest BCUT2D eigenvalue weighted by molar-refractivity contribution is 4.56. The van der Waals surface area contributed by atoms with Gasteiger partial charge in [0.2, 0.25) is 0 Å². The minimum atomic E-state index is 1.00. The summed E-state index contributed by atoms with van der Waals surface area (Å²) in [6.45, 7) is 11.5. The van der Waals surface area contributed by atoms with Gasteiger partial charge in [0.05, 0.1) is 0 Å². The fraction of sp³-hybridized carbons (Fsp3) is 1.00. The van der Waals surface area contributed by atoms with Gasteiger partial charge in [-0.2, -0.15) is 0 Å². The lowest BCUT2D eigenvalue weighted by Gasteiger charge is -2.08. The molecule has 0 spiro atoms. The van der Waals surface area contributed by atoms with Gasteiger partial charge in [-0.15, -0.1) is 0 Å². The van der Waals surface area contributed by atoms with Crippen LogP contribution in [0.15, 0.2) is 0 Å². The van der Waals surface area contributed by atoms with E-state index in [1.54, 1.807) is 0 Å². The van der Waals surface area contributed by atoms with Crippen LogP contribution < -0.4 is 16.0 Å². The van der Waals surface area contributed by atoms with Crippen LogP contribution in [-0.4, -0.2) is 65.7 Å². The minimum absolute atomic E-state index is 1.00. The van der Waals surface area contributed by atoms with Gasteiger partial charge in [0.25, 0.3) is 0 Å². The van der Waals surface area contributed by atoms with Crippen molar-refractivity contribution in [3.05, 3.63) is 0 Å². The van der Waals surface area contributed by atoms with E-state index in [0.29, 0.717) is 0 Å². The number of rotatable bonds is 0. The second-order valence-electron chi connectivity index (χ2n) is 8.42. The summed E-state index contributed by atoms with van der Waals surface area (Å²) in [6, 6.07) is 0. The molecule has 0 aliphatic carbocycles. The topological polar surface area (TPSA) is 54.5 Å². The van der Waals surface area contributed by atoms with E-state index in [9.17, 15) is 0 Å². The monoisotopic (exact) mass is 413 g/mol. The zero-order valence-corrected chi connectivity index (χ0v) is 19.3. The third-order valence-corrected chi connectivity index (χ3v) is 5.53. The normalized spacial score (nSPS) is 24.0. The Kier molecular flexibility index (Phi) is 22.3. The lowest BCUT2D eigenvalue weighted by Crippen LogP contribution is -2.21. The summed E-state index contributed by atoms with van der Waals surface area (Å²) in [7, 11) is 0. The molecule has 5 rings (SSSR count). The molecule has 0 amide bonds. The van der Waals surface area contributed by atoms with Crippen molar-refractivity contribution < 1.29 is 9.47 Å². The molecule has 0 unspecified atom stereocenters. The average molecular weight is 414 g/mol. The van der Waals surface area contributed by atoms with Crippen molar-refractivity contribution in [3.8, 4) is 0 Å². The summed E-state index contributed by atoms with van der Waals surface area (Å²) in [4.78, 5) is 0. The molecule has 0 radical (unpaired) electrons. The first-order valence-corrected chi connectivity index (χ1v) is 12.8. The van der Waals surface area contributed by atoms with Crippen molar-refractivity contribution in [2.75, 3.05) is 65.7 Å². The van der Waals surface area contributed by atoms with Crippen molar-refractivity contribution in [1.29, 1.82) is 0 Å². The van der Waals surface area contributed by atoms with E-state index in [1.807, 2.05) is 0 Å². The maximum absolute atomic E-state index is 5.07. The molecule has 5 aliphatic heterocycles. The summed E-state index contributed by atoms with van der Waals surface area (Å²) in [5.41, 5.74) is 0. The van der Waals surface area contributed by atoms with E-state index in [-0.39, 0.29) is 0 Å². The van der Waals surface area contributed by atoms with Gasteiger partial charge < -0.3 is 25.4 Å². The predicted molar refractivity (Wildman–Crippen MR) is 125 cm³/mol. The summed E-state index contributed by atoms with van der Waals surface area (Å²) >= 11 is 0. The van der Waals surface area contributed by atoms with Crippen LogP contribution in [0.3, 0.4) is 0 Å². The minimum Gasteiger partial charge on any atom is -0.381 e. The second kappa shape index (κ2) is 24.1. The zero-order valence-electron chi connectivity index (χ0n) is 19.3. The molecular weight excluding hydrogens is 362 g/mol. The molecule has 174 valence electrons. The van der Waals surface area contributed by atoms with Gasteiger partial charge in [-0.05, 0) is 110 Å². The first-order chi connectivity index (χ1) is 14.5. The second-order valence-corrected chi connectivity index (χ2v) is 8.42. The Morgan fingerprint density at radius 2 is 0.517 bits per heavy atom. The quantitative estimate of drug-likeness (QED) is 0.554. The predicted octanol–water partition coefficient (Wildman–Crippen LogP) is 4.26. The zero-order chi connectivity index (χ0) is 20.5. The van der Waals surface area contributed by atoms with Crippen molar-refractivity contribution in [3.63, 3.8) is 0 Å². The third-order valence-electron chi connectivity index (χ3n) is 5.53. The molecule has 5 fully saturated rings. The molecule has 0 saturated carbocycles. The molecule has 5 nitrogen and oxygen atoms in total. The van der Waals surface area contributed by atoms with Crippen LogP contribution in [0.1, 0.15) is 89.9 Å². The molecule has 0 atom stereocenters. The van der Waals surface area contributed by atoms with Gasteiger partial charge in [0, 0.05) is 26.4 Å². The van der Waals surface area contributed by atoms with Crippen LogP contribution in [0.5, 0.6) is 0 Å². The Hall–Kier alpha value is -0.200. The van der Waals surface area contributed by atoms with Gasteiger partial charge in [0.15, 0.2) is 0 Å². The molecule has 29 heavy (non-hydrogen) atoms. The smallest absolute Gasteiger partial charge is 0.0466 e. The van der Waals surface area contributed by atoms with Crippen molar-refractivity contribution in [2.24, 2.45) is 0 Å². The molecule has 5 heterocycles. The lowest BCUT2D eigenvalue weighted by molar-refractivity contribution is 0.0968. The fourth-order valence-corrected chi connectivity index (χ4v) is 3.60. The Labute approximate surface area is 181 Å². The summed E-state index contributed by atoms with van der Waals surface area (Å²) in [5, 5.41) is 9.85. The number of hydrogen-bond acceptors (Lipinski definition) is 5. The average Bonchev–Trinajstić information content (AvgIpc) is 3.54. The van der Waals surface area contributed by atoms with Crippen LogP contribution in [0.4, 0.5) is 0 Å². The van der Waals surface area contributed by atoms with E-state index in [4.69, 9.17) is 9.47 Å². The van der Waals surface area contributed by atoms with Crippen LogP contribution in [0, 0.1) is 0 Å². The first-order valence-electron chi connectivity index (χ1n) is 12.8. The highest BCUT2D eigenvalue weighted by atomic mass is 16.5. The molecular formula is C24H51N3O2. The van der Waals surface area contributed by atoms with Crippen LogP contribution in [-0.2, 0) is 9.47 Å². The van der Waals surface area contributed by atoms with Gasteiger partial charge in [-0.3, -0.25) is 0 Å². The molecule has 0 aromatic carbocycles. The maximum Gasteiger partial charge on any atom is 0.0466 e. The number of piperidine rings is 1. The highest BCUT2D eigenvalue weighted by Gasteiger charge is 1.96. The lowest BCUT2D eigenvalue weighted by atomic mass is 10.2. The van der Waals surface area contributed by atoms with E-state index < -0.39 is 0 Å². The molecule has 5 aliphatic rings. The third kappa shape index (κ3) is 22.3. The van der Waals surface area contributed by atoms with Gasteiger partial charge in [0.1, 0.15) is 0 Å². The van der Waals surface area contributed by atoms with Gasteiger partial charge in [-0.25, -0.2) is 0 Å². The number of nitrogens with one attached hydrogen (secondary N) is 3. The highest BCUT2D eigenvalue weighted by Crippen LogP contribution is 2.02. The van der Waals surface area contributed by atoms with Crippen molar-refractivity contribution in [1.82, 2.24) is 16.0 Å². The van der Waals surface area contributed by atoms with E-state index in [0.717, 1.165) is 26.4 Å². The van der Waals surface area contributed by atoms with Crippen molar-refractivity contribution >= 4 is 0 Å². The standard InChI is InChI=1S/C6H13N.C5H11N.C5H10O.C4H9N.C4H8O/c1-2-4-6-7-5-3-1;2*1-2-4-6-5-3-1;2*1-2-4-5-3-1/h7H,1-6H2;6H,1-5H2;1-5H2;5H,1-4H2;1-4H2. The molecule has 0 bridgehead atoms. The molecule has 5 saturated heterocycles. The van der Waals surface area contributed by atoms with E-state index >= 15 is 0 Å². The van der Waals surface area contributed by atoms with Crippen LogP contribution in [0.25, 0.3) is 0 Å². The number of hydrogen-bond donors (Lipinski definition) is 3. The molecule has 0 aromatic rings. The van der Waals surface area contributed by atoms with Gasteiger partial charge >= 0.3 is 0 Å². The summed E-state index contributed by atoms with van der Waals surface area (Å²) in [5.74, 6) is 0. The molecule has 5 heteroatoms. The Morgan fingerprint density at radius 3 is 0.759 bits per heavy atom. The van der Waals surface area contributed by atoms with Gasteiger partial charge in [-0.1, -0.05) is 19.3 Å². The fourth-order valence-electron chi connectivity index (χ4n) is 3.60. The Morgan fingerprint density at radius 1 is 0.276 bits per heavy atom. The van der Waals surface area contributed by atoms with E-state index in [1.165, 1.54) is 129 Å². The van der Waals surface area contributed by atoms with Crippen LogP contribution >= 0.6 is 0 Å². The summed E-state index contributed by atoms with van der Waals surface area (Å²) in [6.07, 6.45) is 19.1. The Bertz CT molecular complexity index is 210. The molecule has 3 N–H and O–H groups in total. The molecule has 0 aromatic heterocycles.